The van der Waals surface area contributed by atoms with Crippen LogP contribution in [-0.4, -0.2) is 23.5 Å². The van der Waals surface area contributed by atoms with E-state index in [1.54, 1.807) is 11.3 Å². The molecular formula is C18H27IN4S. The van der Waals surface area contributed by atoms with E-state index >= 15 is 0 Å². The van der Waals surface area contributed by atoms with Crippen molar-refractivity contribution < 1.29 is 0 Å². The van der Waals surface area contributed by atoms with Crippen LogP contribution in [0.2, 0.25) is 0 Å². The van der Waals surface area contributed by atoms with Crippen LogP contribution >= 0.6 is 35.3 Å². The summed E-state index contributed by atoms with van der Waals surface area (Å²) in [6, 6.07) is 11.0. The summed E-state index contributed by atoms with van der Waals surface area (Å²) in [6.45, 7) is 7.83. The van der Waals surface area contributed by atoms with Crippen molar-refractivity contribution in [1.29, 1.82) is 0 Å². The first-order chi connectivity index (χ1) is 11.2. The highest BCUT2D eigenvalue weighted by molar-refractivity contribution is 14.0. The molecule has 24 heavy (non-hydrogen) atoms. The monoisotopic (exact) mass is 458 g/mol. The number of halogens is 1. The minimum absolute atomic E-state index is 0. The van der Waals surface area contributed by atoms with Gasteiger partial charge in [-0.15, -0.1) is 35.3 Å². The third-order valence-corrected chi connectivity index (χ3v) is 4.38. The van der Waals surface area contributed by atoms with Gasteiger partial charge in [0.25, 0.3) is 0 Å². The van der Waals surface area contributed by atoms with Crippen molar-refractivity contribution in [3.05, 3.63) is 52.0 Å². The number of benzene rings is 1. The number of aliphatic imine (C=N–C) groups is 1. The van der Waals surface area contributed by atoms with E-state index in [1.165, 1.54) is 10.4 Å². The Balaban J connectivity index is 0.00000288. The first kappa shape index (κ1) is 20.9. The molecule has 0 amide bonds. The zero-order valence-electron chi connectivity index (χ0n) is 14.6. The summed E-state index contributed by atoms with van der Waals surface area (Å²) in [6.07, 6.45) is 4.04. The fraction of sp³-hybridized carbons (Fsp3) is 0.444. The van der Waals surface area contributed by atoms with Gasteiger partial charge in [0.15, 0.2) is 5.96 Å². The van der Waals surface area contributed by atoms with Crippen LogP contribution in [0.1, 0.15) is 35.7 Å². The summed E-state index contributed by atoms with van der Waals surface area (Å²) < 4.78 is 0. The summed E-state index contributed by atoms with van der Waals surface area (Å²) in [5, 5.41) is 7.84. The van der Waals surface area contributed by atoms with Crippen LogP contribution in [0.3, 0.4) is 0 Å². The van der Waals surface area contributed by atoms with Crippen LogP contribution in [0.4, 0.5) is 0 Å². The molecule has 0 saturated carbocycles. The quantitative estimate of drug-likeness (QED) is 0.373. The van der Waals surface area contributed by atoms with Gasteiger partial charge in [-0.3, -0.25) is 0 Å². The van der Waals surface area contributed by atoms with E-state index in [0.29, 0.717) is 12.6 Å². The Bertz CT molecular complexity index is 612. The predicted octanol–water partition coefficient (Wildman–Crippen LogP) is 4.15. The second-order valence-corrected chi connectivity index (χ2v) is 6.95. The van der Waals surface area contributed by atoms with Gasteiger partial charge in [-0.25, -0.2) is 9.98 Å². The maximum absolute atomic E-state index is 4.63. The van der Waals surface area contributed by atoms with Gasteiger partial charge in [0.2, 0.25) is 0 Å². The van der Waals surface area contributed by atoms with E-state index in [-0.39, 0.29) is 24.0 Å². The minimum Gasteiger partial charge on any atom is -0.357 e. The largest absolute Gasteiger partial charge is 0.357 e. The number of aromatic nitrogens is 1. The lowest BCUT2D eigenvalue weighted by Crippen LogP contribution is -2.42. The molecule has 1 atom stereocenters. The van der Waals surface area contributed by atoms with Crippen LogP contribution in [0.15, 0.2) is 41.5 Å². The molecule has 0 bridgehead atoms. The third kappa shape index (κ3) is 7.61. The normalized spacial score (nSPS) is 12.4. The zero-order valence-corrected chi connectivity index (χ0v) is 17.7. The summed E-state index contributed by atoms with van der Waals surface area (Å²) in [5.41, 5.74) is 1.38. The standard InChI is InChI=1S/C18H26N4S.HI/c1-4-19-18(21-13-17-20-12-15(3)23-17)22-14(2)10-11-16-8-6-5-7-9-16;/h5-9,12,14H,4,10-11,13H2,1-3H3,(H2,19,21,22);1H. The van der Waals surface area contributed by atoms with Gasteiger partial charge >= 0.3 is 0 Å². The molecule has 0 radical (unpaired) electrons. The Morgan fingerprint density at radius 2 is 2.04 bits per heavy atom. The fourth-order valence-electron chi connectivity index (χ4n) is 2.27. The van der Waals surface area contributed by atoms with Crippen molar-refractivity contribution in [2.75, 3.05) is 6.54 Å². The van der Waals surface area contributed by atoms with Crippen LogP contribution in [0.5, 0.6) is 0 Å². The lowest BCUT2D eigenvalue weighted by Gasteiger charge is -2.17. The van der Waals surface area contributed by atoms with E-state index in [1.807, 2.05) is 6.20 Å². The predicted molar refractivity (Wildman–Crippen MR) is 114 cm³/mol. The van der Waals surface area contributed by atoms with E-state index < -0.39 is 0 Å². The summed E-state index contributed by atoms with van der Waals surface area (Å²) in [7, 11) is 0. The molecule has 0 aliphatic carbocycles. The Kier molecular flexibility index (Phi) is 9.94. The molecule has 0 spiro atoms. The Labute approximate surface area is 166 Å². The molecule has 0 fully saturated rings. The van der Waals surface area contributed by atoms with Crippen LogP contribution in [0.25, 0.3) is 0 Å². The molecule has 1 aromatic heterocycles. The smallest absolute Gasteiger partial charge is 0.191 e. The molecule has 4 nitrogen and oxygen atoms in total. The van der Waals surface area contributed by atoms with Crippen molar-refractivity contribution in [2.45, 2.75) is 46.2 Å². The van der Waals surface area contributed by atoms with Gasteiger partial charge in [0, 0.05) is 23.7 Å². The maximum atomic E-state index is 4.63. The van der Waals surface area contributed by atoms with Gasteiger partial charge in [-0.05, 0) is 39.2 Å². The highest BCUT2D eigenvalue weighted by atomic mass is 127. The van der Waals surface area contributed by atoms with Gasteiger partial charge in [0.05, 0.1) is 6.54 Å². The molecule has 132 valence electrons. The average molecular weight is 458 g/mol. The highest BCUT2D eigenvalue weighted by Crippen LogP contribution is 2.12. The van der Waals surface area contributed by atoms with Crippen LogP contribution in [0, 0.1) is 6.92 Å². The van der Waals surface area contributed by atoms with Crippen molar-refractivity contribution in [2.24, 2.45) is 4.99 Å². The number of rotatable bonds is 7. The molecule has 2 aromatic rings. The second kappa shape index (κ2) is 11.4. The van der Waals surface area contributed by atoms with Crippen molar-refractivity contribution >= 4 is 41.3 Å². The second-order valence-electron chi connectivity index (χ2n) is 5.63. The number of nitrogens with zero attached hydrogens (tertiary/aromatic N) is 2. The number of hydrogen-bond acceptors (Lipinski definition) is 3. The Morgan fingerprint density at radius 3 is 2.67 bits per heavy atom. The number of guanidine groups is 1. The molecule has 2 rings (SSSR count). The van der Waals surface area contributed by atoms with Crippen molar-refractivity contribution in [3.63, 3.8) is 0 Å². The topological polar surface area (TPSA) is 49.3 Å². The zero-order chi connectivity index (χ0) is 16.5. The van der Waals surface area contributed by atoms with Gasteiger partial charge in [-0.1, -0.05) is 30.3 Å². The first-order valence-electron chi connectivity index (χ1n) is 8.17. The van der Waals surface area contributed by atoms with Crippen molar-refractivity contribution in [1.82, 2.24) is 15.6 Å². The molecule has 1 unspecified atom stereocenters. The van der Waals surface area contributed by atoms with E-state index in [0.717, 1.165) is 30.4 Å². The highest BCUT2D eigenvalue weighted by Gasteiger charge is 2.06. The molecule has 6 heteroatoms. The number of nitrogens with one attached hydrogen (secondary N) is 2. The average Bonchev–Trinajstić information content (AvgIpc) is 2.97. The van der Waals surface area contributed by atoms with E-state index in [2.05, 4.69) is 71.7 Å². The van der Waals surface area contributed by atoms with Gasteiger partial charge < -0.3 is 10.6 Å². The lowest BCUT2D eigenvalue weighted by molar-refractivity contribution is 0.593. The first-order valence-corrected chi connectivity index (χ1v) is 8.99. The summed E-state index contributed by atoms with van der Waals surface area (Å²) >= 11 is 1.70. The molecule has 0 saturated heterocycles. The van der Waals surface area contributed by atoms with Crippen LogP contribution in [-0.2, 0) is 13.0 Å². The molecule has 0 aliphatic heterocycles. The molecule has 1 aromatic carbocycles. The van der Waals surface area contributed by atoms with Crippen molar-refractivity contribution in [3.8, 4) is 0 Å². The number of hydrogen-bond donors (Lipinski definition) is 2. The fourth-order valence-corrected chi connectivity index (χ4v) is 2.99. The van der Waals surface area contributed by atoms with Gasteiger partial charge in [-0.2, -0.15) is 0 Å². The van der Waals surface area contributed by atoms with Crippen LogP contribution < -0.4 is 10.6 Å². The number of aryl methyl sites for hydroxylation is 2. The summed E-state index contributed by atoms with van der Waals surface area (Å²) in [4.78, 5) is 10.2. The Morgan fingerprint density at radius 1 is 1.29 bits per heavy atom. The molecular weight excluding hydrogens is 431 g/mol. The third-order valence-electron chi connectivity index (χ3n) is 3.48. The lowest BCUT2D eigenvalue weighted by atomic mass is 10.1. The van der Waals surface area contributed by atoms with Gasteiger partial charge in [0.1, 0.15) is 5.01 Å². The molecule has 0 aliphatic rings. The Hall–Kier alpha value is -1.15. The van der Waals surface area contributed by atoms with E-state index in [9.17, 15) is 0 Å². The SMILES string of the molecule is CCNC(=NCc1ncc(C)s1)NC(C)CCc1ccccc1.I. The summed E-state index contributed by atoms with van der Waals surface area (Å²) in [5.74, 6) is 0.862. The molecule has 2 N–H and O–H groups in total. The number of thiazole rings is 1. The maximum Gasteiger partial charge on any atom is 0.191 e. The van der Waals surface area contributed by atoms with E-state index in [4.69, 9.17) is 0 Å². The minimum atomic E-state index is 0. The molecule has 1 heterocycles.